The SMILES string of the molecule is Clc1ccc(Cc2noc(-c3ccn(C4CCCNC4)n3)n2)cc1. The molecule has 4 rings (SSSR count). The molecule has 1 aliphatic rings. The van der Waals surface area contributed by atoms with Crippen molar-refractivity contribution in [3.8, 4) is 11.6 Å². The maximum Gasteiger partial charge on any atom is 0.278 e. The number of nitrogens with zero attached hydrogens (tertiary/aromatic N) is 4. The molecule has 0 spiro atoms. The first-order valence-corrected chi connectivity index (χ1v) is 8.49. The lowest BCUT2D eigenvalue weighted by atomic mass is 10.1. The van der Waals surface area contributed by atoms with Gasteiger partial charge in [-0.3, -0.25) is 4.68 Å². The second-order valence-corrected chi connectivity index (χ2v) is 6.44. The molecule has 0 aliphatic carbocycles. The first-order valence-electron chi connectivity index (χ1n) is 8.11. The van der Waals surface area contributed by atoms with Crippen molar-refractivity contribution in [2.45, 2.75) is 25.3 Å². The predicted molar refractivity (Wildman–Crippen MR) is 90.9 cm³/mol. The first-order chi connectivity index (χ1) is 11.8. The molecule has 24 heavy (non-hydrogen) atoms. The van der Waals surface area contributed by atoms with Crippen molar-refractivity contribution in [3.63, 3.8) is 0 Å². The summed E-state index contributed by atoms with van der Waals surface area (Å²) in [4.78, 5) is 4.45. The molecule has 3 aromatic rings. The summed E-state index contributed by atoms with van der Waals surface area (Å²) in [7, 11) is 0. The number of piperidine rings is 1. The number of hydrogen-bond donors (Lipinski definition) is 1. The van der Waals surface area contributed by atoms with Gasteiger partial charge in [-0.25, -0.2) is 0 Å². The maximum absolute atomic E-state index is 5.90. The van der Waals surface area contributed by atoms with Crippen molar-refractivity contribution >= 4 is 11.6 Å². The van der Waals surface area contributed by atoms with Gasteiger partial charge in [0, 0.05) is 24.2 Å². The van der Waals surface area contributed by atoms with Crippen LogP contribution in [0.1, 0.15) is 30.3 Å². The van der Waals surface area contributed by atoms with E-state index in [1.54, 1.807) is 0 Å². The normalized spacial score (nSPS) is 18.0. The molecule has 1 atom stereocenters. The third kappa shape index (κ3) is 3.34. The molecule has 1 aliphatic heterocycles. The van der Waals surface area contributed by atoms with E-state index >= 15 is 0 Å². The van der Waals surface area contributed by atoms with Crippen LogP contribution in [0.25, 0.3) is 11.6 Å². The third-order valence-electron chi connectivity index (χ3n) is 4.22. The summed E-state index contributed by atoms with van der Waals surface area (Å²) in [6, 6.07) is 9.96. The van der Waals surface area contributed by atoms with Crippen LogP contribution in [-0.4, -0.2) is 33.0 Å². The Morgan fingerprint density at radius 1 is 1.25 bits per heavy atom. The molecule has 0 amide bonds. The lowest BCUT2D eigenvalue weighted by Gasteiger charge is -2.22. The van der Waals surface area contributed by atoms with E-state index in [2.05, 4.69) is 20.6 Å². The molecule has 1 unspecified atom stereocenters. The highest BCUT2D eigenvalue weighted by Gasteiger charge is 2.18. The second kappa shape index (κ2) is 6.75. The Kier molecular flexibility index (Phi) is 4.32. The van der Waals surface area contributed by atoms with Crippen LogP contribution in [0.5, 0.6) is 0 Å². The molecule has 0 saturated carbocycles. The van der Waals surface area contributed by atoms with Crippen molar-refractivity contribution in [2.24, 2.45) is 0 Å². The minimum Gasteiger partial charge on any atom is -0.332 e. The lowest BCUT2D eigenvalue weighted by molar-refractivity contribution is 0.346. The minimum absolute atomic E-state index is 0.393. The fourth-order valence-corrected chi connectivity index (χ4v) is 3.06. The van der Waals surface area contributed by atoms with Gasteiger partial charge in [0.1, 0.15) is 0 Å². The molecule has 0 radical (unpaired) electrons. The van der Waals surface area contributed by atoms with Crippen molar-refractivity contribution in [3.05, 3.63) is 52.9 Å². The van der Waals surface area contributed by atoms with Crippen LogP contribution in [0.3, 0.4) is 0 Å². The van der Waals surface area contributed by atoms with E-state index in [9.17, 15) is 0 Å². The summed E-state index contributed by atoms with van der Waals surface area (Å²) in [5, 5.41) is 12.8. The van der Waals surface area contributed by atoms with Gasteiger partial charge >= 0.3 is 0 Å². The van der Waals surface area contributed by atoms with Gasteiger partial charge < -0.3 is 9.84 Å². The number of benzene rings is 1. The lowest BCUT2D eigenvalue weighted by Crippen LogP contribution is -2.31. The van der Waals surface area contributed by atoms with Gasteiger partial charge in [0.2, 0.25) is 0 Å². The van der Waals surface area contributed by atoms with Crippen LogP contribution in [0.4, 0.5) is 0 Å². The average molecular weight is 344 g/mol. The third-order valence-corrected chi connectivity index (χ3v) is 4.47. The second-order valence-electron chi connectivity index (χ2n) is 6.00. The standard InChI is InChI=1S/C17H18ClN5O/c18-13-5-3-12(4-6-13)10-16-20-17(24-22-16)15-7-9-23(21-15)14-2-1-8-19-11-14/h3-7,9,14,19H,1-2,8,10-11H2. The van der Waals surface area contributed by atoms with Crippen molar-refractivity contribution in [1.29, 1.82) is 0 Å². The Balaban J connectivity index is 1.48. The number of nitrogens with one attached hydrogen (secondary N) is 1. The smallest absolute Gasteiger partial charge is 0.278 e. The Morgan fingerprint density at radius 3 is 2.92 bits per heavy atom. The van der Waals surface area contributed by atoms with Gasteiger partial charge in [-0.15, -0.1) is 0 Å². The predicted octanol–water partition coefficient (Wildman–Crippen LogP) is 3.10. The van der Waals surface area contributed by atoms with Gasteiger partial charge in [-0.1, -0.05) is 28.9 Å². The topological polar surface area (TPSA) is 68.8 Å². The number of hydrogen-bond acceptors (Lipinski definition) is 5. The summed E-state index contributed by atoms with van der Waals surface area (Å²) in [5.74, 6) is 1.10. The number of halogens is 1. The van der Waals surface area contributed by atoms with E-state index < -0.39 is 0 Å². The van der Waals surface area contributed by atoms with Crippen molar-refractivity contribution in [1.82, 2.24) is 25.2 Å². The summed E-state index contributed by atoms with van der Waals surface area (Å²) in [6.45, 7) is 2.04. The van der Waals surface area contributed by atoms with E-state index in [0.29, 0.717) is 24.2 Å². The molecule has 1 saturated heterocycles. The zero-order valence-electron chi connectivity index (χ0n) is 13.2. The van der Waals surface area contributed by atoms with Gasteiger partial charge in [0.15, 0.2) is 11.5 Å². The highest BCUT2D eigenvalue weighted by molar-refractivity contribution is 6.30. The molecule has 0 bridgehead atoms. The van der Waals surface area contributed by atoms with E-state index in [4.69, 9.17) is 16.1 Å². The highest BCUT2D eigenvalue weighted by atomic mass is 35.5. The van der Waals surface area contributed by atoms with Gasteiger partial charge in [-0.2, -0.15) is 10.1 Å². The molecule has 1 fully saturated rings. The van der Waals surface area contributed by atoms with Gasteiger partial charge in [0.05, 0.1) is 6.04 Å². The van der Waals surface area contributed by atoms with Crippen molar-refractivity contribution < 1.29 is 4.52 Å². The quantitative estimate of drug-likeness (QED) is 0.788. The van der Waals surface area contributed by atoms with E-state index in [1.165, 1.54) is 6.42 Å². The number of aromatic nitrogens is 4. The Hall–Kier alpha value is -2.18. The molecule has 1 N–H and O–H groups in total. The zero-order valence-corrected chi connectivity index (χ0v) is 13.9. The van der Waals surface area contributed by atoms with Gasteiger partial charge in [-0.05, 0) is 43.1 Å². The van der Waals surface area contributed by atoms with Crippen LogP contribution in [-0.2, 0) is 6.42 Å². The molecule has 3 heterocycles. The molecular formula is C17H18ClN5O. The number of rotatable bonds is 4. The van der Waals surface area contributed by atoms with Crippen molar-refractivity contribution in [2.75, 3.05) is 13.1 Å². The Labute approximate surface area is 144 Å². The molecule has 1 aromatic carbocycles. The van der Waals surface area contributed by atoms with Crippen LogP contribution >= 0.6 is 11.6 Å². The average Bonchev–Trinajstić information content (AvgIpc) is 3.27. The van der Waals surface area contributed by atoms with E-state index in [1.807, 2.05) is 41.2 Å². The summed E-state index contributed by atoms with van der Waals surface area (Å²) in [5.41, 5.74) is 1.81. The first kappa shape index (κ1) is 15.4. The maximum atomic E-state index is 5.90. The summed E-state index contributed by atoms with van der Waals surface area (Å²) < 4.78 is 7.36. The van der Waals surface area contributed by atoms with Crippen LogP contribution in [0.15, 0.2) is 41.1 Å². The highest BCUT2D eigenvalue weighted by Crippen LogP contribution is 2.21. The van der Waals surface area contributed by atoms with E-state index in [-0.39, 0.29) is 0 Å². The van der Waals surface area contributed by atoms with Crippen LogP contribution < -0.4 is 5.32 Å². The molecule has 2 aromatic heterocycles. The van der Waals surface area contributed by atoms with Crippen LogP contribution in [0.2, 0.25) is 5.02 Å². The van der Waals surface area contributed by atoms with E-state index in [0.717, 1.165) is 35.8 Å². The molecular weight excluding hydrogens is 326 g/mol. The molecule has 6 nitrogen and oxygen atoms in total. The summed E-state index contributed by atoms with van der Waals surface area (Å²) in [6.07, 6.45) is 4.90. The largest absolute Gasteiger partial charge is 0.332 e. The zero-order chi connectivity index (χ0) is 16.4. The van der Waals surface area contributed by atoms with Crippen LogP contribution in [0, 0.1) is 0 Å². The molecule has 7 heteroatoms. The fraction of sp³-hybridized carbons (Fsp3) is 0.353. The minimum atomic E-state index is 0.393. The fourth-order valence-electron chi connectivity index (χ4n) is 2.93. The monoisotopic (exact) mass is 343 g/mol. The Bertz CT molecular complexity index is 805. The summed E-state index contributed by atoms with van der Waals surface area (Å²) >= 11 is 5.90. The Morgan fingerprint density at radius 2 is 2.12 bits per heavy atom. The molecule has 124 valence electrons. The van der Waals surface area contributed by atoms with Gasteiger partial charge in [0.25, 0.3) is 5.89 Å².